The van der Waals surface area contributed by atoms with Crippen molar-refractivity contribution in [3.8, 4) is 17.3 Å². The third-order valence-electron chi connectivity index (χ3n) is 8.09. The summed E-state index contributed by atoms with van der Waals surface area (Å²) < 4.78 is 48.0. The molecule has 0 radical (unpaired) electrons. The maximum absolute atomic E-state index is 13.9. The molecule has 0 spiro atoms. The molecule has 13 heteroatoms. The first-order chi connectivity index (χ1) is 19.8. The lowest BCUT2D eigenvalue weighted by Crippen LogP contribution is -2.48. The summed E-state index contributed by atoms with van der Waals surface area (Å²) in [5, 5.41) is 0.578. The second-order valence-corrected chi connectivity index (χ2v) is 11.7. The molecule has 9 nitrogen and oxygen atoms in total. The maximum Gasteiger partial charge on any atom is 0.418 e. The number of hydrogen-bond donors (Lipinski definition) is 1. The molecule has 2 aliphatic heterocycles. The highest BCUT2D eigenvalue weighted by Gasteiger charge is 2.39. The summed E-state index contributed by atoms with van der Waals surface area (Å²) >= 11 is 6.62. The number of ether oxygens (including phenoxy) is 1. The van der Waals surface area contributed by atoms with Gasteiger partial charge in [-0.05, 0) is 56.7 Å². The van der Waals surface area contributed by atoms with Crippen LogP contribution in [-0.4, -0.2) is 82.6 Å². The number of likely N-dealkylation sites (N-methyl/N-ethyl adjacent to an activating group) is 1. The first-order valence-electron chi connectivity index (χ1n) is 13.6. The zero-order valence-corrected chi connectivity index (χ0v) is 24.5. The predicted molar refractivity (Wildman–Crippen MR) is 156 cm³/mol. The van der Waals surface area contributed by atoms with Gasteiger partial charge in [-0.25, -0.2) is 4.98 Å². The molecule has 224 valence electrons. The molecule has 1 aromatic carbocycles. The van der Waals surface area contributed by atoms with E-state index in [1.54, 1.807) is 11.0 Å². The van der Waals surface area contributed by atoms with Gasteiger partial charge in [0, 0.05) is 43.7 Å². The number of rotatable bonds is 6. The Balaban J connectivity index is 1.59. The molecular weight excluding hydrogens is 571 g/mol. The summed E-state index contributed by atoms with van der Waals surface area (Å²) in [6.07, 6.45) is -2.46. The molecule has 1 unspecified atom stereocenters. The van der Waals surface area contributed by atoms with Crippen molar-refractivity contribution in [3.05, 3.63) is 47.5 Å². The Morgan fingerprint density at radius 2 is 1.93 bits per heavy atom. The van der Waals surface area contributed by atoms with E-state index in [1.807, 2.05) is 4.90 Å². The van der Waals surface area contributed by atoms with Crippen LogP contribution in [0.3, 0.4) is 0 Å². The quantitative estimate of drug-likeness (QED) is 0.398. The molecule has 3 aromatic rings. The van der Waals surface area contributed by atoms with Gasteiger partial charge in [0.05, 0.1) is 27.3 Å². The van der Waals surface area contributed by atoms with Crippen LogP contribution in [0.4, 0.5) is 24.8 Å². The van der Waals surface area contributed by atoms with Crippen LogP contribution in [0.2, 0.25) is 5.02 Å². The van der Waals surface area contributed by atoms with E-state index in [1.165, 1.54) is 12.1 Å². The largest absolute Gasteiger partial charge is 0.461 e. The maximum atomic E-state index is 13.9. The number of nitrogens with two attached hydrogens (primary N) is 1. The van der Waals surface area contributed by atoms with Crippen LogP contribution in [0.5, 0.6) is 6.01 Å². The van der Waals surface area contributed by atoms with Gasteiger partial charge in [-0.3, -0.25) is 9.69 Å². The first-order valence-corrected chi connectivity index (χ1v) is 14.0. The molecule has 5 rings (SSSR count). The first kappa shape index (κ1) is 29.8. The van der Waals surface area contributed by atoms with Crippen molar-refractivity contribution in [1.29, 1.82) is 0 Å². The summed E-state index contributed by atoms with van der Waals surface area (Å²) in [6.45, 7) is 11.0. The van der Waals surface area contributed by atoms with Crippen LogP contribution >= 0.6 is 11.6 Å². The number of alkyl halides is 3. The third-order valence-corrected chi connectivity index (χ3v) is 8.41. The normalized spacial score (nSPS) is 21.6. The molecule has 1 amide bonds. The summed E-state index contributed by atoms with van der Waals surface area (Å²) in [4.78, 5) is 31.4. The summed E-state index contributed by atoms with van der Waals surface area (Å²) in [5.74, 6) is 0.794. The number of amides is 1. The van der Waals surface area contributed by atoms with Crippen LogP contribution < -0.4 is 15.4 Å². The molecule has 0 bridgehead atoms. The monoisotopic (exact) mass is 603 g/mol. The number of carbonyl (C=O) groups excluding carboxylic acids is 1. The molecule has 2 saturated heterocycles. The van der Waals surface area contributed by atoms with E-state index in [0.717, 1.165) is 25.1 Å². The molecule has 2 aliphatic rings. The number of nitrogen functional groups attached to an aromatic ring is 1. The highest BCUT2D eigenvalue weighted by molar-refractivity contribution is 6.34. The number of piperazine rings is 1. The highest BCUT2D eigenvalue weighted by Crippen LogP contribution is 2.41. The average molecular weight is 604 g/mol. The molecule has 2 fully saturated rings. The number of fused-ring (bicyclic) bond motifs is 1. The Hall–Kier alpha value is -3.64. The van der Waals surface area contributed by atoms with E-state index in [-0.39, 0.29) is 39.6 Å². The lowest BCUT2D eigenvalue weighted by Gasteiger charge is -2.35. The summed E-state index contributed by atoms with van der Waals surface area (Å²) in [5.41, 5.74) is 4.59. The van der Waals surface area contributed by atoms with Gasteiger partial charge in [-0.2, -0.15) is 23.1 Å². The third kappa shape index (κ3) is 5.82. The van der Waals surface area contributed by atoms with Gasteiger partial charge in [-0.15, -0.1) is 0 Å². The number of nitrogens with zero attached hydrogens (tertiary/aromatic N) is 6. The molecule has 0 saturated carbocycles. The topological polar surface area (TPSA) is 101 Å². The fourth-order valence-corrected chi connectivity index (χ4v) is 6.08. The van der Waals surface area contributed by atoms with E-state index >= 15 is 0 Å². The SMILES string of the molecule is C=CC(=O)N1CCN(c2nc(OCC3(C)C[C@@H](C)CN3C)nc3cc(-c4nc(N)ccc4C(F)(F)F)c(Cl)cc23)CC1. The van der Waals surface area contributed by atoms with Crippen molar-refractivity contribution in [2.75, 3.05) is 57.0 Å². The Bertz CT molecular complexity index is 1530. The molecule has 2 atom stereocenters. The fourth-order valence-electron chi connectivity index (χ4n) is 5.82. The fraction of sp³-hybridized carbons (Fsp3) is 0.448. The van der Waals surface area contributed by atoms with Crippen molar-refractivity contribution in [1.82, 2.24) is 24.8 Å². The zero-order chi connectivity index (χ0) is 30.4. The lowest BCUT2D eigenvalue weighted by molar-refractivity contribution is -0.137. The second kappa shape index (κ2) is 11.2. The molecule has 0 aliphatic carbocycles. The van der Waals surface area contributed by atoms with Crippen molar-refractivity contribution in [3.63, 3.8) is 0 Å². The van der Waals surface area contributed by atoms with Crippen LogP contribution in [0, 0.1) is 5.92 Å². The van der Waals surface area contributed by atoms with Gasteiger partial charge < -0.3 is 20.3 Å². The number of halogens is 4. The summed E-state index contributed by atoms with van der Waals surface area (Å²) in [7, 11) is 2.05. The van der Waals surface area contributed by atoms with Gasteiger partial charge in [0.2, 0.25) is 5.91 Å². The van der Waals surface area contributed by atoms with Crippen molar-refractivity contribution in [2.24, 2.45) is 5.92 Å². The smallest absolute Gasteiger partial charge is 0.418 e. The van der Waals surface area contributed by atoms with E-state index in [2.05, 4.69) is 42.3 Å². The number of benzene rings is 1. The summed E-state index contributed by atoms with van der Waals surface area (Å²) in [6, 6.07) is 5.11. The number of aromatic nitrogens is 3. The van der Waals surface area contributed by atoms with Crippen LogP contribution in [0.15, 0.2) is 36.9 Å². The van der Waals surface area contributed by atoms with E-state index in [9.17, 15) is 18.0 Å². The van der Waals surface area contributed by atoms with E-state index in [0.29, 0.717) is 55.4 Å². The zero-order valence-electron chi connectivity index (χ0n) is 23.7. The van der Waals surface area contributed by atoms with Crippen LogP contribution in [0.1, 0.15) is 25.8 Å². The van der Waals surface area contributed by atoms with Gasteiger partial charge in [0.1, 0.15) is 18.2 Å². The van der Waals surface area contributed by atoms with E-state index in [4.69, 9.17) is 27.1 Å². The molecule has 2 N–H and O–H groups in total. The van der Waals surface area contributed by atoms with Gasteiger partial charge >= 0.3 is 12.2 Å². The number of anilines is 2. The van der Waals surface area contributed by atoms with Crippen molar-refractivity contribution >= 4 is 40.0 Å². The van der Waals surface area contributed by atoms with Crippen LogP contribution in [-0.2, 0) is 11.0 Å². The Kier molecular flexibility index (Phi) is 7.97. The molecular formula is C29H33ClF3N7O2. The number of hydrogen-bond acceptors (Lipinski definition) is 8. The predicted octanol–water partition coefficient (Wildman–Crippen LogP) is 4.89. The standard InChI is InChI=1S/C29H33ClF3N7O2/c1-5-24(41)39-8-10-40(11-9-39)26-19-12-21(30)18(25-20(29(31,32)33)6-7-23(34)36-25)13-22(19)35-27(37-26)42-16-28(3)14-17(2)15-38(28)4/h5-7,12-13,17H,1,8-11,14-16H2,2-4H3,(H2,34,36)/t17-,28?/m1/s1. The molecule has 4 heterocycles. The van der Waals surface area contributed by atoms with Gasteiger partial charge in [0.15, 0.2) is 0 Å². The molecule has 42 heavy (non-hydrogen) atoms. The Labute approximate surface area is 247 Å². The van der Waals surface area contributed by atoms with Crippen molar-refractivity contribution in [2.45, 2.75) is 32.0 Å². The number of carbonyl (C=O) groups is 1. The second-order valence-electron chi connectivity index (χ2n) is 11.3. The minimum atomic E-state index is -4.68. The van der Waals surface area contributed by atoms with E-state index < -0.39 is 11.7 Å². The minimum Gasteiger partial charge on any atom is -0.461 e. The van der Waals surface area contributed by atoms with Crippen LogP contribution in [0.25, 0.3) is 22.2 Å². The van der Waals surface area contributed by atoms with Gasteiger partial charge in [0.25, 0.3) is 0 Å². The van der Waals surface area contributed by atoms with Gasteiger partial charge in [-0.1, -0.05) is 25.1 Å². The Morgan fingerprint density at radius 1 is 1.21 bits per heavy atom. The average Bonchev–Trinajstić information content (AvgIpc) is 3.20. The highest BCUT2D eigenvalue weighted by atomic mass is 35.5. The number of likely N-dealkylation sites (tertiary alicyclic amines) is 1. The lowest BCUT2D eigenvalue weighted by atomic mass is 9.96. The van der Waals surface area contributed by atoms with Crippen molar-refractivity contribution < 1.29 is 22.7 Å². The minimum absolute atomic E-state index is 0.0390. The number of pyridine rings is 1. The molecule has 2 aromatic heterocycles. The Morgan fingerprint density at radius 3 is 2.55 bits per heavy atom.